The summed E-state index contributed by atoms with van der Waals surface area (Å²) in [5, 5.41) is 12.5. The topological polar surface area (TPSA) is 52.6 Å². The number of carbonyl (C=O) groups is 1. The van der Waals surface area contributed by atoms with Gasteiger partial charge in [0.15, 0.2) is 0 Å². The van der Waals surface area contributed by atoms with Crippen LogP contribution in [0.2, 0.25) is 0 Å². The molecule has 1 aliphatic carbocycles. The van der Waals surface area contributed by atoms with Crippen LogP contribution < -0.4 is 5.32 Å². The lowest BCUT2D eigenvalue weighted by Crippen LogP contribution is -2.38. The molecule has 1 aliphatic rings. The van der Waals surface area contributed by atoms with Crippen LogP contribution in [0.25, 0.3) is 0 Å². The van der Waals surface area contributed by atoms with Crippen molar-refractivity contribution >= 4 is 5.91 Å². The lowest BCUT2D eigenvalue weighted by molar-refractivity contribution is 0.0867. The van der Waals surface area contributed by atoms with Crippen molar-refractivity contribution in [3.05, 3.63) is 35.4 Å². The van der Waals surface area contributed by atoms with Crippen LogP contribution in [-0.2, 0) is 6.54 Å². The van der Waals surface area contributed by atoms with E-state index < -0.39 is 0 Å². The van der Waals surface area contributed by atoms with Crippen molar-refractivity contribution in [2.24, 2.45) is 0 Å². The molecule has 0 saturated heterocycles. The van der Waals surface area contributed by atoms with Gasteiger partial charge in [-0.3, -0.25) is 4.79 Å². The van der Waals surface area contributed by atoms with E-state index in [0.717, 1.165) is 32.2 Å². The molecule has 1 aromatic rings. The van der Waals surface area contributed by atoms with Gasteiger partial charge < -0.3 is 15.3 Å². The summed E-state index contributed by atoms with van der Waals surface area (Å²) in [5.41, 5.74) is 1.91. The molecule has 20 heavy (non-hydrogen) atoms. The fourth-order valence-electron chi connectivity index (χ4n) is 2.62. The Morgan fingerprint density at radius 3 is 2.35 bits per heavy atom. The summed E-state index contributed by atoms with van der Waals surface area (Å²) in [7, 11) is 4.05. The molecule has 1 fully saturated rings. The molecule has 0 aromatic heterocycles. The second-order valence-electron chi connectivity index (χ2n) is 5.91. The van der Waals surface area contributed by atoms with E-state index in [-0.39, 0.29) is 18.1 Å². The highest BCUT2D eigenvalue weighted by Crippen LogP contribution is 2.18. The second kappa shape index (κ2) is 6.86. The average molecular weight is 276 g/mol. The first-order valence-electron chi connectivity index (χ1n) is 7.27. The zero-order valence-electron chi connectivity index (χ0n) is 12.3. The molecule has 2 rings (SSSR count). The van der Waals surface area contributed by atoms with Gasteiger partial charge in [0.05, 0.1) is 6.10 Å². The Morgan fingerprint density at radius 2 is 1.80 bits per heavy atom. The summed E-state index contributed by atoms with van der Waals surface area (Å²) in [4.78, 5) is 14.2. The monoisotopic (exact) mass is 276 g/mol. The maximum atomic E-state index is 12.1. The Hall–Kier alpha value is -1.39. The summed E-state index contributed by atoms with van der Waals surface area (Å²) in [6.07, 6.45) is 3.12. The number of nitrogens with zero attached hydrogens (tertiary/aromatic N) is 1. The molecule has 4 heteroatoms. The minimum Gasteiger partial charge on any atom is -0.393 e. The second-order valence-corrected chi connectivity index (χ2v) is 5.91. The largest absolute Gasteiger partial charge is 0.393 e. The van der Waals surface area contributed by atoms with Crippen LogP contribution in [0.1, 0.15) is 41.6 Å². The Bertz CT molecular complexity index is 434. The van der Waals surface area contributed by atoms with Gasteiger partial charge in [-0.15, -0.1) is 0 Å². The Morgan fingerprint density at radius 1 is 1.20 bits per heavy atom. The van der Waals surface area contributed by atoms with E-state index in [0.29, 0.717) is 5.56 Å². The fourth-order valence-corrected chi connectivity index (χ4v) is 2.62. The SMILES string of the molecule is CN(C)Cc1ccc(C(=O)NC2CCC(O)CC2)cc1. The Kier molecular flexibility index (Phi) is 5.15. The normalized spacial score (nSPS) is 22.8. The highest BCUT2D eigenvalue weighted by Gasteiger charge is 2.21. The quantitative estimate of drug-likeness (QED) is 0.881. The van der Waals surface area contributed by atoms with Crippen molar-refractivity contribution in [2.75, 3.05) is 14.1 Å². The molecule has 0 aliphatic heterocycles. The molecule has 0 atom stereocenters. The van der Waals surface area contributed by atoms with Gasteiger partial charge in [0.1, 0.15) is 0 Å². The van der Waals surface area contributed by atoms with Gasteiger partial charge in [-0.25, -0.2) is 0 Å². The summed E-state index contributed by atoms with van der Waals surface area (Å²) in [6.45, 7) is 0.877. The van der Waals surface area contributed by atoms with Crippen LogP contribution in [0.3, 0.4) is 0 Å². The van der Waals surface area contributed by atoms with E-state index in [1.54, 1.807) is 0 Å². The molecule has 0 bridgehead atoms. The third-order valence-corrected chi connectivity index (χ3v) is 3.75. The standard InChI is InChI=1S/C16H24N2O2/c1-18(2)11-12-3-5-13(6-4-12)16(20)17-14-7-9-15(19)10-8-14/h3-6,14-15,19H,7-11H2,1-2H3,(H,17,20). The smallest absolute Gasteiger partial charge is 0.251 e. The fraction of sp³-hybridized carbons (Fsp3) is 0.562. The molecule has 0 heterocycles. The van der Waals surface area contributed by atoms with Crippen LogP contribution in [0.5, 0.6) is 0 Å². The molecule has 0 radical (unpaired) electrons. The average Bonchev–Trinajstić information content (AvgIpc) is 2.41. The first-order chi connectivity index (χ1) is 9.54. The molecule has 1 amide bonds. The summed E-state index contributed by atoms with van der Waals surface area (Å²) in [5.74, 6) is -0.0113. The maximum Gasteiger partial charge on any atom is 0.251 e. The molecule has 2 N–H and O–H groups in total. The van der Waals surface area contributed by atoms with Crippen molar-refractivity contribution < 1.29 is 9.90 Å². The van der Waals surface area contributed by atoms with Crippen LogP contribution in [-0.4, -0.2) is 42.2 Å². The molecule has 0 unspecified atom stereocenters. The number of aliphatic hydroxyl groups excluding tert-OH is 1. The van der Waals surface area contributed by atoms with Gasteiger partial charge >= 0.3 is 0 Å². The van der Waals surface area contributed by atoms with E-state index in [4.69, 9.17) is 0 Å². The molecule has 0 spiro atoms. The minimum absolute atomic E-state index is 0.0113. The predicted octanol–water partition coefficient (Wildman–Crippen LogP) is 1.78. The van der Waals surface area contributed by atoms with Gasteiger partial charge in [0.2, 0.25) is 0 Å². The Balaban J connectivity index is 1.89. The lowest BCUT2D eigenvalue weighted by atomic mass is 9.93. The van der Waals surface area contributed by atoms with Crippen molar-refractivity contribution in [1.82, 2.24) is 10.2 Å². The van der Waals surface area contributed by atoms with Gasteiger partial charge in [0, 0.05) is 18.2 Å². The summed E-state index contributed by atoms with van der Waals surface area (Å²) < 4.78 is 0. The van der Waals surface area contributed by atoms with Crippen molar-refractivity contribution in [1.29, 1.82) is 0 Å². The first kappa shape index (κ1) is 15.0. The zero-order chi connectivity index (χ0) is 14.5. The van der Waals surface area contributed by atoms with E-state index in [1.165, 1.54) is 5.56 Å². The molecular weight excluding hydrogens is 252 g/mol. The molecular formula is C16H24N2O2. The van der Waals surface area contributed by atoms with Crippen molar-refractivity contribution in [2.45, 2.75) is 44.4 Å². The number of carbonyl (C=O) groups excluding carboxylic acids is 1. The van der Waals surface area contributed by atoms with E-state index in [1.807, 2.05) is 38.4 Å². The first-order valence-corrected chi connectivity index (χ1v) is 7.27. The Labute approximate surface area is 120 Å². The summed E-state index contributed by atoms with van der Waals surface area (Å²) >= 11 is 0. The van der Waals surface area contributed by atoms with Crippen molar-refractivity contribution in [3.63, 3.8) is 0 Å². The summed E-state index contributed by atoms with van der Waals surface area (Å²) in [6, 6.07) is 7.96. The van der Waals surface area contributed by atoms with Crippen LogP contribution >= 0.6 is 0 Å². The highest BCUT2D eigenvalue weighted by molar-refractivity contribution is 5.94. The van der Waals surface area contributed by atoms with E-state index >= 15 is 0 Å². The van der Waals surface area contributed by atoms with Crippen LogP contribution in [0.4, 0.5) is 0 Å². The minimum atomic E-state index is -0.187. The molecule has 110 valence electrons. The van der Waals surface area contributed by atoms with Crippen LogP contribution in [0.15, 0.2) is 24.3 Å². The zero-order valence-corrected chi connectivity index (χ0v) is 12.3. The number of hydrogen-bond donors (Lipinski definition) is 2. The number of nitrogens with one attached hydrogen (secondary N) is 1. The number of amides is 1. The van der Waals surface area contributed by atoms with Gasteiger partial charge in [0.25, 0.3) is 5.91 Å². The third kappa shape index (κ3) is 4.32. The number of rotatable bonds is 4. The highest BCUT2D eigenvalue weighted by atomic mass is 16.3. The predicted molar refractivity (Wildman–Crippen MR) is 79.6 cm³/mol. The third-order valence-electron chi connectivity index (χ3n) is 3.75. The number of aliphatic hydroxyl groups is 1. The van der Waals surface area contributed by atoms with Crippen molar-refractivity contribution in [3.8, 4) is 0 Å². The molecule has 1 aromatic carbocycles. The lowest BCUT2D eigenvalue weighted by Gasteiger charge is -2.26. The van der Waals surface area contributed by atoms with Crippen LogP contribution in [0, 0.1) is 0 Å². The van der Waals surface area contributed by atoms with Gasteiger partial charge in [-0.2, -0.15) is 0 Å². The number of hydrogen-bond acceptors (Lipinski definition) is 3. The van der Waals surface area contributed by atoms with E-state index in [2.05, 4.69) is 10.2 Å². The van der Waals surface area contributed by atoms with E-state index in [9.17, 15) is 9.90 Å². The van der Waals surface area contributed by atoms with Gasteiger partial charge in [-0.05, 0) is 57.5 Å². The van der Waals surface area contributed by atoms with Gasteiger partial charge in [-0.1, -0.05) is 12.1 Å². The molecule has 4 nitrogen and oxygen atoms in total. The number of benzene rings is 1. The maximum absolute atomic E-state index is 12.1. The molecule has 1 saturated carbocycles.